The molecular formula is C24H23N3O3. The molecule has 3 aromatic carbocycles. The first-order valence-corrected chi connectivity index (χ1v) is 10.0. The lowest BCUT2D eigenvalue weighted by molar-refractivity contribution is -0.122. The molecule has 1 atom stereocenters. The second-order valence-corrected chi connectivity index (χ2v) is 7.29. The summed E-state index contributed by atoms with van der Waals surface area (Å²) in [5, 5.41) is 5.60. The molecule has 152 valence electrons. The van der Waals surface area contributed by atoms with E-state index in [1.165, 1.54) is 4.57 Å². The van der Waals surface area contributed by atoms with Crippen molar-refractivity contribution < 1.29 is 4.79 Å². The third-order valence-electron chi connectivity index (χ3n) is 5.42. The molecule has 0 aliphatic carbocycles. The number of nitrogens with zero attached hydrogens (tertiary/aromatic N) is 2. The summed E-state index contributed by atoms with van der Waals surface area (Å²) >= 11 is 0. The van der Waals surface area contributed by atoms with E-state index in [1.807, 2.05) is 49.4 Å². The number of aromatic nitrogens is 2. The molecule has 4 aromatic rings. The summed E-state index contributed by atoms with van der Waals surface area (Å²) in [5.74, 6) is -0.288. The Kier molecular flexibility index (Phi) is 5.23. The van der Waals surface area contributed by atoms with Crippen LogP contribution in [0.5, 0.6) is 0 Å². The van der Waals surface area contributed by atoms with Crippen LogP contribution < -0.4 is 16.6 Å². The minimum Gasteiger partial charge on any atom is -0.348 e. The maximum Gasteiger partial charge on any atom is 0.331 e. The van der Waals surface area contributed by atoms with Crippen molar-refractivity contribution in [2.45, 2.75) is 33.0 Å². The van der Waals surface area contributed by atoms with Gasteiger partial charge in [0.15, 0.2) is 0 Å². The average molecular weight is 401 g/mol. The zero-order chi connectivity index (χ0) is 21.3. The number of carbonyl (C=O) groups is 1. The third kappa shape index (κ3) is 3.41. The van der Waals surface area contributed by atoms with E-state index in [0.29, 0.717) is 10.9 Å². The molecule has 0 bridgehead atoms. The Bertz CT molecular complexity index is 1360. The Morgan fingerprint density at radius 2 is 1.57 bits per heavy atom. The molecule has 1 amide bonds. The maximum atomic E-state index is 12.9. The van der Waals surface area contributed by atoms with Crippen LogP contribution in [0, 0.1) is 0 Å². The van der Waals surface area contributed by atoms with Crippen LogP contribution in [0.15, 0.2) is 76.3 Å². The zero-order valence-electron chi connectivity index (χ0n) is 17.0. The molecule has 0 unspecified atom stereocenters. The number of rotatable bonds is 5. The predicted molar refractivity (Wildman–Crippen MR) is 119 cm³/mol. The van der Waals surface area contributed by atoms with Gasteiger partial charge in [0.05, 0.1) is 16.9 Å². The Balaban J connectivity index is 1.67. The lowest BCUT2D eigenvalue weighted by atomic mass is 10.00. The number of benzene rings is 3. The first-order chi connectivity index (χ1) is 14.5. The first-order valence-electron chi connectivity index (χ1n) is 10.0. The molecule has 0 aliphatic heterocycles. The van der Waals surface area contributed by atoms with Crippen molar-refractivity contribution in [3.63, 3.8) is 0 Å². The molecule has 0 radical (unpaired) electrons. The van der Waals surface area contributed by atoms with Crippen LogP contribution in [0.4, 0.5) is 0 Å². The van der Waals surface area contributed by atoms with E-state index in [1.54, 1.807) is 31.2 Å². The minimum atomic E-state index is -0.478. The zero-order valence-corrected chi connectivity index (χ0v) is 17.0. The molecule has 6 heteroatoms. The number of hydrogen-bond donors (Lipinski definition) is 1. The topological polar surface area (TPSA) is 73.1 Å². The largest absolute Gasteiger partial charge is 0.348 e. The fourth-order valence-electron chi connectivity index (χ4n) is 3.94. The fraction of sp³-hybridized carbons (Fsp3) is 0.208. The highest BCUT2D eigenvalue weighted by Gasteiger charge is 2.17. The number of para-hydroxylation sites is 1. The summed E-state index contributed by atoms with van der Waals surface area (Å²) in [4.78, 5) is 38.3. The van der Waals surface area contributed by atoms with Gasteiger partial charge in [0.1, 0.15) is 6.54 Å². The van der Waals surface area contributed by atoms with Crippen molar-refractivity contribution in [2.75, 3.05) is 0 Å². The molecule has 0 spiro atoms. The summed E-state index contributed by atoms with van der Waals surface area (Å²) in [5.41, 5.74) is 0.662. The number of hydrogen-bond acceptors (Lipinski definition) is 3. The van der Waals surface area contributed by atoms with E-state index in [2.05, 4.69) is 5.32 Å². The molecule has 1 heterocycles. The molecule has 0 fully saturated rings. The quantitative estimate of drug-likeness (QED) is 0.558. The lowest BCUT2D eigenvalue weighted by Gasteiger charge is -2.18. The second kappa shape index (κ2) is 7.99. The van der Waals surface area contributed by atoms with Gasteiger partial charge in [0, 0.05) is 6.54 Å². The molecule has 0 saturated carbocycles. The van der Waals surface area contributed by atoms with Crippen molar-refractivity contribution in [3.05, 3.63) is 93.1 Å². The Hall–Kier alpha value is -3.67. The molecule has 1 N–H and O–H groups in total. The summed E-state index contributed by atoms with van der Waals surface area (Å²) < 4.78 is 2.52. The van der Waals surface area contributed by atoms with Gasteiger partial charge in [-0.25, -0.2) is 4.79 Å². The highest BCUT2D eigenvalue weighted by molar-refractivity contribution is 5.87. The third-order valence-corrected chi connectivity index (χ3v) is 5.42. The SMILES string of the molecule is CCn1c(=O)c2ccccc2n(CC(=O)N[C@H](C)c2cccc3ccccc23)c1=O. The van der Waals surface area contributed by atoms with E-state index < -0.39 is 5.69 Å². The van der Waals surface area contributed by atoms with E-state index in [9.17, 15) is 14.4 Å². The van der Waals surface area contributed by atoms with Gasteiger partial charge in [-0.05, 0) is 42.3 Å². The van der Waals surface area contributed by atoms with E-state index in [-0.39, 0.29) is 30.6 Å². The highest BCUT2D eigenvalue weighted by atomic mass is 16.2. The molecule has 0 saturated heterocycles. The lowest BCUT2D eigenvalue weighted by Crippen LogP contribution is -2.42. The van der Waals surface area contributed by atoms with Gasteiger partial charge in [0.2, 0.25) is 5.91 Å². The second-order valence-electron chi connectivity index (χ2n) is 7.29. The van der Waals surface area contributed by atoms with Crippen LogP contribution in [0.3, 0.4) is 0 Å². The van der Waals surface area contributed by atoms with Gasteiger partial charge in [-0.2, -0.15) is 0 Å². The normalized spacial score (nSPS) is 12.2. The fourth-order valence-corrected chi connectivity index (χ4v) is 3.94. The minimum absolute atomic E-state index is 0.158. The van der Waals surface area contributed by atoms with Gasteiger partial charge >= 0.3 is 5.69 Å². The number of fused-ring (bicyclic) bond motifs is 2. The van der Waals surface area contributed by atoms with Crippen molar-refractivity contribution >= 4 is 27.6 Å². The molecule has 0 aliphatic rings. The van der Waals surface area contributed by atoms with Gasteiger partial charge in [-0.15, -0.1) is 0 Å². The van der Waals surface area contributed by atoms with Crippen LogP contribution in [0.2, 0.25) is 0 Å². The predicted octanol–water partition coefficient (Wildman–Crippen LogP) is 3.21. The smallest absolute Gasteiger partial charge is 0.331 e. The van der Waals surface area contributed by atoms with Crippen molar-refractivity contribution in [3.8, 4) is 0 Å². The number of amides is 1. The molecule has 1 aromatic heterocycles. The average Bonchev–Trinajstić information content (AvgIpc) is 2.76. The molecular weight excluding hydrogens is 378 g/mol. The van der Waals surface area contributed by atoms with Crippen molar-refractivity contribution in [1.82, 2.24) is 14.5 Å². The van der Waals surface area contributed by atoms with E-state index >= 15 is 0 Å². The Morgan fingerprint density at radius 1 is 0.900 bits per heavy atom. The van der Waals surface area contributed by atoms with Crippen LogP contribution >= 0.6 is 0 Å². The standard InChI is InChI=1S/C24H23N3O3/c1-3-26-23(29)20-12-6-7-14-21(20)27(24(26)30)15-22(28)25-16(2)18-13-8-10-17-9-4-5-11-19(17)18/h4-14,16H,3,15H2,1-2H3,(H,25,28)/t16-/m1/s1. The van der Waals surface area contributed by atoms with Crippen LogP contribution in [-0.4, -0.2) is 15.0 Å². The molecule has 4 rings (SSSR count). The molecule has 30 heavy (non-hydrogen) atoms. The monoisotopic (exact) mass is 401 g/mol. The first kappa shape index (κ1) is 19.6. The van der Waals surface area contributed by atoms with Crippen molar-refractivity contribution in [1.29, 1.82) is 0 Å². The van der Waals surface area contributed by atoms with E-state index in [4.69, 9.17) is 0 Å². The summed E-state index contributed by atoms with van der Waals surface area (Å²) in [6.45, 7) is 3.75. The Morgan fingerprint density at radius 3 is 2.33 bits per heavy atom. The summed E-state index contributed by atoms with van der Waals surface area (Å²) in [6, 6.07) is 20.7. The van der Waals surface area contributed by atoms with Crippen LogP contribution in [-0.2, 0) is 17.9 Å². The maximum absolute atomic E-state index is 12.9. The van der Waals surface area contributed by atoms with Gasteiger partial charge in [0.25, 0.3) is 5.56 Å². The van der Waals surface area contributed by atoms with Gasteiger partial charge in [-0.3, -0.25) is 18.7 Å². The van der Waals surface area contributed by atoms with Crippen molar-refractivity contribution in [2.24, 2.45) is 0 Å². The number of carbonyl (C=O) groups excluding carboxylic acids is 1. The Labute approximate surface area is 173 Å². The van der Waals surface area contributed by atoms with E-state index in [0.717, 1.165) is 20.9 Å². The number of nitrogens with one attached hydrogen (secondary N) is 1. The summed E-state index contributed by atoms with van der Waals surface area (Å²) in [7, 11) is 0. The summed E-state index contributed by atoms with van der Waals surface area (Å²) in [6.07, 6.45) is 0. The molecule has 6 nitrogen and oxygen atoms in total. The van der Waals surface area contributed by atoms with Crippen LogP contribution in [0.25, 0.3) is 21.7 Å². The van der Waals surface area contributed by atoms with Crippen LogP contribution in [0.1, 0.15) is 25.5 Å². The highest BCUT2D eigenvalue weighted by Crippen LogP contribution is 2.24. The van der Waals surface area contributed by atoms with Gasteiger partial charge < -0.3 is 5.32 Å². The van der Waals surface area contributed by atoms with Gasteiger partial charge in [-0.1, -0.05) is 54.6 Å².